The van der Waals surface area contributed by atoms with E-state index in [1.54, 1.807) is 17.5 Å². The summed E-state index contributed by atoms with van der Waals surface area (Å²) in [4.78, 5) is 29.0. The van der Waals surface area contributed by atoms with Gasteiger partial charge in [-0.05, 0) is 37.1 Å². The first kappa shape index (κ1) is 21.7. The minimum Gasteiger partial charge on any atom is -0.320 e. The van der Waals surface area contributed by atoms with Crippen molar-refractivity contribution in [1.82, 2.24) is 15.0 Å². The predicted molar refractivity (Wildman–Crippen MR) is 137 cm³/mol. The maximum Gasteiger partial charge on any atom is 0.275 e. The Morgan fingerprint density at radius 2 is 1.73 bits per heavy atom. The Balaban J connectivity index is 1.48. The first-order chi connectivity index (χ1) is 16.2. The molecule has 0 spiro atoms. The van der Waals surface area contributed by atoms with Crippen molar-refractivity contribution < 1.29 is 4.79 Å². The highest BCUT2D eigenvalue weighted by Gasteiger charge is 2.21. The molecule has 0 radical (unpaired) electrons. The molecular weight excluding hydrogens is 472 g/mol. The Morgan fingerprint density at radius 3 is 2.55 bits per heavy atom. The van der Waals surface area contributed by atoms with Gasteiger partial charge < -0.3 is 5.32 Å². The molecule has 1 N–H and O–H groups in total. The first-order valence-electron chi connectivity index (χ1n) is 10.5. The lowest BCUT2D eigenvalue weighted by Gasteiger charge is -2.09. The van der Waals surface area contributed by atoms with Crippen LogP contribution in [0.1, 0.15) is 21.8 Å². The molecule has 0 saturated carbocycles. The SMILES string of the molecule is O=C(Nc1ccccc1-c1nc2cccnc2s1)c1nc(-c2ccccc2)sc1CCCCl. The smallest absolute Gasteiger partial charge is 0.275 e. The van der Waals surface area contributed by atoms with Gasteiger partial charge in [-0.15, -0.1) is 22.9 Å². The number of halogens is 1. The zero-order valence-corrected chi connectivity index (χ0v) is 19.9. The number of nitrogens with one attached hydrogen (secondary N) is 1. The Hall–Kier alpha value is -3.13. The molecule has 0 bridgehead atoms. The van der Waals surface area contributed by atoms with Crippen LogP contribution in [0.2, 0.25) is 0 Å². The van der Waals surface area contributed by atoms with Crippen molar-refractivity contribution in [2.75, 3.05) is 11.2 Å². The lowest BCUT2D eigenvalue weighted by molar-refractivity contribution is 0.102. The summed E-state index contributed by atoms with van der Waals surface area (Å²) in [7, 11) is 0. The highest BCUT2D eigenvalue weighted by atomic mass is 35.5. The van der Waals surface area contributed by atoms with Crippen molar-refractivity contribution in [3.05, 3.63) is 83.5 Å². The van der Waals surface area contributed by atoms with E-state index in [0.717, 1.165) is 42.8 Å². The van der Waals surface area contributed by atoms with E-state index in [-0.39, 0.29) is 5.91 Å². The number of thiazole rings is 2. The summed E-state index contributed by atoms with van der Waals surface area (Å²) >= 11 is 8.98. The van der Waals surface area contributed by atoms with Crippen molar-refractivity contribution in [2.45, 2.75) is 12.8 Å². The number of pyridine rings is 1. The number of anilines is 1. The first-order valence-corrected chi connectivity index (χ1v) is 12.6. The zero-order valence-electron chi connectivity index (χ0n) is 17.5. The molecule has 5 rings (SSSR count). The molecule has 164 valence electrons. The molecule has 3 aromatic heterocycles. The van der Waals surface area contributed by atoms with Gasteiger partial charge in [-0.3, -0.25) is 4.79 Å². The van der Waals surface area contributed by atoms with E-state index in [4.69, 9.17) is 21.6 Å². The summed E-state index contributed by atoms with van der Waals surface area (Å²) in [5.41, 5.74) is 3.84. The van der Waals surface area contributed by atoms with E-state index in [2.05, 4.69) is 10.3 Å². The largest absolute Gasteiger partial charge is 0.320 e. The van der Waals surface area contributed by atoms with Crippen LogP contribution in [-0.2, 0) is 6.42 Å². The molecule has 0 aliphatic rings. The van der Waals surface area contributed by atoms with Gasteiger partial charge in [0.2, 0.25) is 0 Å². The fourth-order valence-electron chi connectivity index (χ4n) is 3.48. The minimum absolute atomic E-state index is 0.232. The normalized spacial score (nSPS) is 11.1. The van der Waals surface area contributed by atoms with E-state index in [1.165, 1.54) is 11.3 Å². The molecule has 0 unspecified atom stereocenters. The number of para-hydroxylation sites is 1. The lowest BCUT2D eigenvalue weighted by atomic mass is 10.1. The van der Waals surface area contributed by atoms with Crippen LogP contribution in [0.5, 0.6) is 0 Å². The summed E-state index contributed by atoms with van der Waals surface area (Å²) in [5.74, 6) is 0.304. The monoisotopic (exact) mass is 490 g/mol. The van der Waals surface area contributed by atoms with Gasteiger partial charge in [-0.2, -0.15) is 0 Å². The third kappa shape index (κ3) is 4.66. The summed E-state index contributed by atoms with van der Waals surface area (Å²) in [6.07, 6.45) is 3.25. The maximum absolute atomic E-state index is 13.4. The molecule has 2 aromatic carbocycles. The Morgan fingerprint density at radius 1 is 0.909 bits per heavy atom. The number of hydrogen-bond acceptors (Lipinski definition) is 6. The summed E-state index contributed by atoms with van der Waals surface area (Å²) in [5, 5.41) is 4.71. The van der Waals surface area contributed by atoms with Gasteiger partial charge in [0.25, 0.3) is 5.91 Å². The number of benzene rings is 2. The number of nitrogens with zero attached hydrogens (tertiary/aromatic N) is 3. The number of rotatable bonds is 7. The number of aromatic nitrogens is 3. The fraction of sp³-hybridized carbons (Fsp3) is 0.120. The van der Waals surface area contributed by atoms with E-state index < -0.39 is 0 Å². The second-order valence-corrected chi connectivity index (χ2v) is 9.73. The number of aryl methyl sites for hydroxylation is 1. The van der Waals surface area contributed by atoms with Gasteiger partial charge in [0.1, 0.15) is 26.1 Å². The molecule has 5 aromatic rings. The molecule has 33 heavy (non-hydrogen) atoms. The second-order valence-electron chi connectivity index (χ2n) is 7.30. The van der Waals surface area contributed by atoms with Crippen molar-refractivity contribution in [1.29, 1.82) is 0 Å². The molecule has 0 aliphatic heterocycles. The van der Waals surface area contributed by atoms with Crippen LogP contribution >= 0.6 is 34.3 Å². The topological polar surface area (TPSA) is 67.8 Å². The van der Waals surface area contributed by atoms with Crippen molar-refractivity contribution >= 4 is 56.2 Å². The molecule has 0 fully saturated rings. The van der Waals surface area contributed by atoms with Crippen LogP contribution < -0.4 is 5.32 Å². The van der Waals surface area contributed by atoms with Gasteiger partial charge in [-0.25, -0.2) is 15.0 Å². The summed E-state index contributed by atoms with van der Waals surface area (Å²) in [6, 6.07) is 21.4. The second kappa shape index (κ2) is 9.79. The predicted octanol–water partition coefficient (Wildman–Crippen LogP) is 6.91. The van der Waals surface area contributed by atoms with Crippen molar-refractivity contribution in [2.24, 2.45) is 0 Å². The van der Waals surface area contributed by atoms with E-state index in [0.29, 0.717) is 23.7 Å². The number of fused-ring (bicyclic) bond motifs is 1. The molecule has 0 aliphatic carbocycles. The molecule has 5 nitrogen and oxygen atoms in total. The third-order valence-electron chi connectivity index (χ3n) is 5.04. The Kier molecular flexibility index (Phi) is 6.44. The maximum atomic E-state index is 13.4. The summed E-state index contributed by atoms with van der Waals surface area (Å²) < 4.78 is 0. The highest BCUT2D eigenvalue weighted by Crippen LogP contribution is 2.35. The molecule has 3 heterocycles. The number of alkyl halides is 1. The fourth-order valence-corrected chi connectivity index (χ4v) is 5.66. The molecule has 0 atom stereocenters. The quantitative estimate of drug-likeness (QED) is 0.252. The van der Waals surface area contributed by atoms with Crippen LogP contribution in [0.25, 0.3) is 31.5 Å². The molecule has 0 saturated heterocycles. The van der Waals surface area contributed by atoms with E-state index in [1.807, 2.05) is 66.7 Å². The van der Waals surface area contributed by atoms with Crippen LogP contribution in [0.3, 0.4) is 0 Å². The van der Waals surface area contributed by atoms with Crippen LogP contribution in [-0.4, -0.2) is 26.7 Å². The molecule has 8 heteroatoms. The average Bonchev–Trinajstić information content (AvgIpc) is 3.48. The van der Waals surface area contributed by atoms with Gasteiger partial charge in [0.15, 0.2) is 0 Å². The van der Waals surface area contributed by atoms with E-state index in [9.17, 15) is 4.79 Å². The van der Waals surface area contributed by atoms with Crippen molar-refractivity contribution in [3.63, 3.8) is 0 Å². The third-order valence-corrected chi connectivity index (χ3v) is 7.49. The summed E-state index contributed by atoms with van der Waals surface area (Å²) in [6.45, 7) is 0. The standard InChI is InChI=1S/C25H19ClN4OS2/c26-14-6-13-20-21(30-23(32-20)16-8-2-1-3-9-16)22(31)28-18-11-5-4-10-17(18)24-29-19-12-7-15-27-25(19)33-24/h1-5,7-12,15H,6,13-14H2,(H,28,31). The Bertz CT molecular complexity index is 1380. The lowest BCUT2D eigenvalue weighted by Crippen LogP contribution is -2.15. The minimum atomic E-state index is -0.232. The molecular formula is C25H19ClN4OS2. The van der Waals surface area contributed by atoms with Crippen LogP contribution in [0, 0.1) is 0 Å². The van der Waals surface area contributed by atoms with Crippen molar-refractivity contribution in [3.8, 4) is 21.1 Å². The van der Waals surface area contributed by atoms with Gasteiger partial charge >= 0.3 is 0 Å². The van der Waals surface area contributed by atoms with Crippen LogP contribution in [0.15, 0.2) is 72.9 Å². The average molecular weight is 491 g/mol. The van der Waals surface area contributed by atoms with Crippen LogP contribution in [0.4, 0.5) is 5.69 Å². The Labute approximate surface area is 204 Å². The van der Waals surface area contributed by atoms with Gasteiger partial charge in [0, 0.05) is 28.1 Å². The number of carbonyl (C=O) groups is 1. The number of carbonyl (C=O) groups excluding carboxylic acids is 1. The number of amides is 1. The van der Waals surface area contributed by atoms with Gasteiger partial charge in [-0.1, -0.05) is 53.8 Å². The zero-order chi connectivity index (χ0) is 22.6. The molecule has 1 amide bonds. The van der Waals surface area contributed by atoms with E-state index >= 15 is 0 Å². The number of hydrogen-bond donors (Lipinski definition) is 1. The van der Waals surface area contributed by atoms with Gasteiger partial charge in [0.05, 0.1) is 5.69 Å². The highest BCUT2D eigenvalue weighted by molar-refractivity contribution is 7.21.